The molecule has 0 atom stereocenters. The van der Waals surface area contributed by atoms with Crippen molar-refractivity contribution in [3.05, 3.63) is 76.2 Å². The molecule has 6 heteroatoms. The van der Waals surface area contributed by atoms with Gasteiger partial charge in [-0.15, -0.1) is 0 Å². The molecule has 2 aromatic carbocycles. The molecule has 0 spiro atoms. The lowest BCUT2D eigenvalue weighted by atomic mass is 10.2. The molecule has 3 aromatic rings. The van der Waals surface area contributed by atoms with Crippen LogP contribution < -0.4 is 10.6 Å². The summed E-state index contributed by atoms with van der Waals surface area (Å²) in [4.78, 5) is 21.2. The van der Waals surface area contributed by atoms with Gasteiger partial charge in [0.05, 0.1) is 5.69 Å². The van der Waals surface area contributed by atoms with Gasteiger partial charge in [-0.05, 0) is 53.5 Å². The second-order valence-electron chi connectivity index (χ2n) is 5.56. The lowest BCUT2D eigenvalue weighted by Crippen LogP contribution is -2.16. The summed E-state index contributed by atoms with van der Waals surface area (Å²) >= 11 is 3.49. The van der Waals surface area contributed by atoms with Crippen molar-refractivity contribution in [3.8, 4) is 0 Å². The number of aromatic nitrogens is 2. The number of carbonyl (C=O) groups excluding carboxylic acids is 1. The van der Waals surface area contributed by atoms with Gasteiger partial charge in [-0.2, -0.15) is 0 Å². The van der Waals surface area contributed by atoms with E-state index < -0.39 is 0 Å². The summed E-state index contributed by atoms with van der Waals surface area (Å²) in [6.07, 6.45) is 0. The molecule has 0 bridgehead atoms. The van der Waals surface area contributed by atoms with E-state index in [4.69, 9.17) is 0 Å². The number of benzene rings is 2. The first kappa shape index (κ1) is 17.1. The van der Waals surface area contributed by atoms with E-state index in [9.17, 15) is 4.79 Å². The van der Waals surface area contributed by atoms with Crippen LogP contribution in [0.15, 0.2) is 59.1 Å². The minimum Gasteiger partial charge on any atom is -0.339 e. The van der Waals surface area contributed by atoms with Crippen LogP contribution in [-0.2, 0) is 0 Å². The Labute approximate surface area is 154 Å². The monoisotopic (exact) mass is 396 g/mol. The predicted molar refractivity (Wildman–Crippen MR) is 103 cm³/mol. The van der Waals surface area contributed by atoms with E-state index in [0.717, 1.165) is 21.4 Å². The number of anilines is 3. The maximum Gasteiger partial charge on any atom is 0.274 e. The molecule has 2 N–H and O–H groups in total. The molecule has 0 aliphatic heterocycles. The molecule has 1 heterocycles. The van der Waals surface area contributed by atoms with Crippen molar-refractivity contribution in [2.45, 2.75) is 13.8 Å². The largest absolute Gasteiger partial charge is 0.339 e. The van der Waals surface area contributed by atoms with Gasteiger partial charge >= 0.3 is 0 Å². The molecular weight excluding hydrogens is 380 g/mol. The standard InChI is InChI=1S/C19H17BrN4O/c1-12-7-3-5-9-15(12)24-19(25)17-11-18(22-13(2)21-17)23-16-10-6-4-8-14(16)20/h3-11H,1-2H3,(H,24,25)(H,21,22,23). The van der Waals surface area contributed by atoms with Crippen LogP contribution in [0.1, 0.15) is 21.9 Å². The highest BCUT2D eigenvalue weighted by Gasteiger charge is 2.12. The van der Waals surface area contributed by atoms with Crippen molar-refractivity contribution >= 4 is 39.0 Å². The van der Waals surface area contributed by atoms with Gasteiger partial charge in [0, 0.05) is 16.2 Å². The number of hydrogen-bond acceptors (Lipinski definition) is 4. The first-order valence-electron chi connectivity index (χ1n) is 7.77. The number of carbonyl (C=O) groups is 1. The first-order valence-corrected chi connectivity index (χ1v) is 8.56. The van der Waals surface area contributed by atoms with E-state index in [1.54, 1.807) is 13.0 Å². The molecule has 0 saturated carbocycles. The molecule has 5 nitrogen and oxygen atoms in total. The summed E-state index contributed by atoms with van der Waals surface area (Å²) in [6.45, 7) is 3.70. The number of nitrogens with zero attached hydrogens (tertiary/aromatic N) is 2. The van der Waals surface area contributed by atoms with Crippen LogP contribution in [0.5, 0.6) is 0 Å². The first-order chi connectivity index (χ1) is 12.0. The van der Waals surface area contributed by atoms with Crippen molar-refractivity contribution < 1.29 is 4.79 Å². The van der Waals surface area contributed by atoms with Gasteiger partial charge in [-0.25, -0.2) is 9.97 Å². The Morgan fingerprint density at radius 1 is 0.960 bits per heavy atom. The Balaban J connectivity index is 1.85. The fourth-order valence-electron chi connectivity index (χ4n) is 2.35. The maximum absolute atomic E-state index is 12.6. The van der Waals surface area contributed by atoms with E-state index in [-0.39, 0.29) is 5.91 Å². The summed E-state index contributed by atoms with van der Waals surface area (Å²) in [6, 6.07) is 17.0. The van der Waals surface area contributed by atoms with Crippen LogP contribution in [-0.4, -0.2) is 15.9 Å². The molecule has 0 fully saturated rings. The Morgan fingerprint density at radius 2 is 1.64 bits per heavy atom. The smallest absolute Gasteiger partial charge is 0.274 e. The highest BCUT2D eigenvalue weighted by molar-refractivity contribution is 9.10. The van der Waals surface area contributed by atoms with Crippen molar-refractivity contribution in [2.24, 2.45) is 0 Å². The van der Waals surface area contributed by atoms with Gasteiger partial charge < -0.3 is 10.6 Å². The number of nitrogens with one attached hydrogen (secondary N) is 2. The maximum atomic E-state index is 12.6. The van der Waals surface area contributed by atoms with E-state index in [2.05, 4.69) is 36.5 Å². The van der Waals surface area contributed by atoms with Crippen LogP contribution >= 0.6 is 15.9 Å². The molecule has 25 heavy (non-hydrogen) atoms. The Bertz CT molecular complexity index is 927. The minimum absolute atomic E-state index is 0.269. The third-order valence-electron chi connectivity index (χ3n) is 3.60. The SMILES string of the molecule is Cc1nc(Nc2ccccc2Br)cc(C(=O)Nc2ccccc2C)n1. The Kier molecular flexibility index (Phi) is 5.09. The molecule has 3 rings (SSSR count). The van der Waals surface area contributed by atoms with Gasteiger partial charge in [-0.3, -0.25) is 4.79 Å². The van der Waals surface area contributed by atoms with Crippen molar-refractivity contribution in [3.63, 3.8) is 0 Å². The van der Waals surface area contributed by atoms with Crippen molar-refractivity contribution in [1.29, 1.82) is 0 Å². The molecule has 0 radical (unpaired) electrons. The second kappa shape index (κ2) is 7.44. The van der Waals surface area contributed by atoms with Crippen LogP contribution in [0.4, 0.5) is 17.2 Å². The molecule has 0 aliphatic carbocycles. The molecule has 1 aromatic heterocycles. The average Bonchev–Trinajstić information content (AvgIpc) is 2.58. The van der Waals surface area contributed by atoms with E-state index in [0.29, 0.717) is 17.3 Å². The van der Waals surface area contributed by atoms with Crippen LogP contribution in [0.3, 0.4) is 0 Å². The molecule has 0 aliphatic rings. The van der Waals surface area contributed by atoms with Gasteiger partial charge in [0.1, 0.15) is 17.3 Å². The van der Waals surface area contributed by atoms with Gasteiger partial charge in [0.2, 0.25) is 0 Å². The zero-order valence-corrected chi connectivity index (χ0v) is 15.5. The zero-order valence-electron chi connectivity index (χ0n) is 13.9. The predicted octanol–water partition coefficient (Wildman–Crippen LogP) is 4.85. The lowest BCUT2D eigenvalue weighted by molar-refractivity contribution is 0.102. The van der Waals surface area contributed by atoms with Crippen molar-refractivity contribution in [1.82, 2.24) is 9.97 Å². The minimum atomic E-state index is -0.269. The van der Waals surface area contributed by atoms with Gasteiger partial charge in [0.15, 0.2) is 0 Å². The summed E-state index contributed by atoms with van der Waals surface area (Å²) in [5.41, 5.74) is 2.94. The number of amides is 1. The van der Waals surface area contributed by atoms with Crippen molar-refractivity contribution in [2.75, 3.05) is 10.6 Å². The lowest BCUT2D eigenvalue weighted by Gasteiger charge is -2.11. The summed E-state index contributed by atoms with van der Waals surface area (Å²) in [5.74, 6) is 0.816. The average molecular weight is 397 g/mol. The zero-order chi connectivity index (χ0) is 17.8. The molecule has 1 amide bonds. The van der Waals surface area contributed by atoms with Crippen LogP contribution in [0.2, 0.25) is 0 Å². The third kappa shape index (κ3) is 4.22. The van der Waals surface area contributed by atoms with Crippen LogP contribution in [0.25, 0.3) is 0 Å². The molecule has 0 saturated heterocycles. The Morgan fingerprint density at radius 3 is 2.36 bits per heavy atom. The second-order valence-corrected chi connectivity index (χ2v) is 6.41. The normalized spacial score (nSPS) is 10.4. The highest BCUT2D eigenvalue weighted by atomic mass is 79.9. The molecule has 126 valence electrons. The van der Waals surface area contributed by atoms with E-state index >= 15 is 0 Å². The highest BCUT2D eigenvalue weighted by Crippen LogP contribution is 2.25. The summed E-state index contributed by atoms with van der Waals surface area (Å²) in [7, 11) is 0. The summed E-state index contributed by atoms with van der Waals surface area (Å²) < 4.78 is 0.914. The van der Waals surface area contributed by atoms with E-state index in [1.807, 2.05) is 55.5 Å². The van der Waals surface area contributed by atoms with Crippen LogP contribution in [0, 0.1) is 13.8 Å². The quantitative estimate of drug-likeness (QED) is 0.661. The molecular formula is C19H17BrN4O. The number of hydrogen-bond donors (Lipinski definition) is 2. The number of aryl methyl sites for hydroxylation is 2. The fourth-order valence-corrected chi connectivity index (χ4v) is 2.73. The molecule has 0 unspecified atom stereocenters. The third-order valence-corrected chi connectivity index (χ3v) is 4.29. The summed E-state index contributed by atoms with van der Waals surface area (Å²) in [5, 5.41) is 6.10. The Hall–Kier alpha value is -2.73. The van der Waals surface area contributed by atoms with E-state index in [1.165, 1.54) is 0 Å². The number of rotatable bonds is 4. The van der Waals surface area contributed by atoms with Gasteiger partial charge in [-0.1, -0.05) is 30.3 Å². The number of para-hydroxylation sites is 2. The number of halogens is 1. The topological polar surface area (TPSA) is 66.9 Å². The fraction of sp³-hybridized carbons (Fsp3) is 0.105. The van der Waals surface area contributed by atoms with Gasteiger partial charge in [0.25, 0.3) is 5.91 Å².